The normalized spacial score (nSPS) is 28.8. The van der Waals surface area contributed by atoms with E-state index in [2.05, 4.69) is 23.1 Å². The molecule has 2 heterocycles. The van der Waals surface area contributed by atoms with Gasteiger partial charge < -0.3 is 10.6 Å². The Morgan fingerprint density at radius 3 is 1.18 bits per heavy atom. The molecule has 0 amide bonds. The van der Waals surface area contributed by atoms with E-state index in [1.165, 1.54) is 64.2 Å². The van der Waals surface area contributed by atoms with Gasteiger partial charge in [-0.1, -0.05) is 63.5 Å². The van der Waals surface area contributed by atoms with Crippen LogP contribution >= 0.6 is 0 Å². The van der Waals surface area contributed by atoms with Crippen LogP contribution in [0, 0.1) is 20.5 Å². The zero-order valence-corrected chi connectivity index (χ0v) is 20.9. The summed E-state index contributed by atoms with van der Waals surface area (Å²) in [5.74, 6) is 0. The second-order valence-electron chi connectivity index (χ2n) is 7.75. The minimum atomic E-state index is -4.69. The largest absolute Gasteiger partial charge is 2.00 e. The molecule has 0 aromatic rings. The molecule has 0 bridgehead atoms. The van der Waals surface area contributed by atoms with E-state index >= 15 is 0 Å². The van der Waals surface area contributed by atoms with Crippen LogP contribution in [0.1, 0.15) is 64.2 Å². The average Bonchev–Trinajstić information content (AvgIpc) is 2.70. The van der Waals surface area contributed by atoms with Crippen molar-refractivity contribution >= 4 is 12.4 Å². The van der Waals surface area contributed by atoms with E-state index in [9.17, 15) is 0 Å². The fourth-order valence-electron chi connectivity index (χ4n) is 3.73. The van der Waals surface area contributed by atoms with Gasteiger partial charge >= 0.3 is 17.1 Å². The minimum Gasteiger partial charge on any atom is -0.655 e. The van der Waals surface area contributed by atoms with Crippen molar-refractivity contribution in [1.29, 1.82) is 0 Å². The Balaban J connectivity index is 0.000000790. The third kappa shape index (κ3) is 21.1. The molecule has 3 fully saturated rings. The quantitative estimate of drug-likeness (QED) is 0.255. The van der Waals surface area contributed by atoms with Crippen LogP contribution in [0.25, 0.3) is 10.6 Å². The van der Waals surface area contributed by atoms with Crippen molar-refractivity contribution in [3.05, 3.63) is 10.6 Å². The summed E-state index contributed by atoms with van der Waals surface area (Å²) < 4.78 is 65.4. The Kier molecular flexibility index (Phi) is 17.5. The van der Waals surface area contributed by atoms with Crippen molar-refractivity contribution in [2.75, 3.05) is 13.1 Å². The van der Waals surface area contributed by atoms with Crippen LogP contribution in [0.2, 0.25) is 0 Å². The second kappa shape index (κ2) is 17.5. The number of rotatable bonds is 4. The Hall–Kier alpha value is 0.0395. The Bertz CT molecular complexity index is 495. The molecule has 12 nitrogen and oxygen atoms in total. The summed E-state index contributed by atoms with van der Waals surface area (Å²) in [5.41, 5.74) is 0. The van der Waals surface area contributed by atoms with Gasteiger partial charge in [-0.15, -0.1) is 13.1 Å². The molecule has 2 aliphatic heterocycles. The molecule has 193 valence electrons. The standard InChI is InChI=1S/C18H30N4.2ClHO4.Mn/c1-2-10-18(22-14-16-8-4-6-12-20-16)17(9-1)21-13-15-7-3-5-11-19-15;2*2-1(3,4)5;/h13-18H,1-12H2;2*(H,2,3,4,5);/q-2;;;+2. The third-order valence-corrected chi connectivity index (χ3v) is 5.14. The van der Waals surface area contributed by atoms with Crippen LogP contribution in [0.4, 0.5) is 0 Å². The Labute approximate surface area is 209 Å². The molecular formula is C18H32Cl2MnN4O8. The molecule has 3 rings (SSSR count). The maximum atomic E-state index is 8.60. The van der Waals surface area contributed by atoms with Crippen molar-refractivity contribution in [2.45, 2.75) is 88.4 Å². The Morgan fingerprint density at radius 1 is 0.606 bits per heavy atom. The smallest absolute Gasteiger partial charge is 0.655 e. The first-order valence-electron chi connectivity index (χ1n) is 10.6. The van der Waals surface area contributed by atoms with Gasteiger partial charge in [-0.3, -0.25) is 9.98 Å². The van der Waals surface area contributed by atoms with E-state index in [0.717, 1.165) is 13.1 Å². The van der Waals surface area contributed by atoms with Gasteiger partial charge in [0, 0.05) is 0 Å². The van der Waals surface area contributed by atoms with Gasteiger partial charge in [-0.05, 0) is 25.3 Å². The summed E-state index contributed by atoms with van der Waals surface area (Å²) in [6.45, 7) is 2.04. The first-order chi connectivity index (χ1) is 14.9. The predicted octanol–water partition coefficient (Wildman–Crippen LogP) is -3.96. The van der Waals surface area contributed by atoms with E-state index in [1.54, 1.807) is 0 Å². The molecule has 1 saturated carbocycles. The number of halogens is 2. The van der Waals surface area contributed by atoms with Crippen LogP contribution in [0.3, 0.4) is 0 Å². The molecule has 15 heteroatoms. The van der Waals surface area contributed by atoms with Crippen molar-refractivity contribution in [1.82, 2.24) is 0 Å². The first kappa shape index (κ1) is 33.0. The number of hydrogen-bond acceptors (Lipinski definition) is 10. The van der Waals surface area contributed by atoms with Gasteiger partial charge in [0.25, 0.3) is 0 Å². The zero-order chi connectivity index (χ0) is 24.0. The van der Waals surface area contributed by atoms with Gasteiger partial charge in [0.1, 0.15) is 0 Å². The number of nitrogens with zero attached hydrogens (tertiary/aromatic N) is 4. The number of piperidine rings is 2. The summed E-state index contributed by atoms with van der Waals surface area (Å²) >= 11 is 0. The molecule has 4 atom stereocenters. The fraction of sp³-hybridized carbons (Fsp3) is 0.889. The monoisotopic (exact) mass is 557 g/mol. The van der Waals surface area contributed by atoms with Crippen LogP contribution in [0.15, 0.2) is 9.98 Å². The molecule has 3 aliphatic rings. The summed E-state index contributed by atoms with van der Waals surface area (Å²) in [6, 6.07) is 1.50. The van der Waals surface area contributed by atoms with Gasteiger partial charge in [0.05, 0.1) is 41.9 Å². The third-order valence-electron chi connectivity index (χ3n) is 5.14. The van der Waals surface area contributed by atoms with Crippen molar-refractivity contribution < 1.29 is 74.8 Å². The molecule has 1 aliphatic carbocycles. The summed E-state index contributed by atoms with van der Waals surface area (Å²) in [4.78, 5) is 9.78. The van der Waals surface area contributed by atoms with Crippen LogP contribution in [0.5, 0.6) is 0 Å². The van der Waals surface area contributed by atoms with E-state index in [4.69, 9.17) is 47.3 Å². The maximum Gasteiger partial charge on any atom is 2.00 e. The zero-order valence-electron chi connectivity index (χ0n) is 18.2. The Morgan fingerprint density at radius 2 is 0.909 bits per heavy atom. The summed E-state index contributed by atoms with van der Waals surface area (Å²) in [6.07, 6.45) is 16.7. The molecule has 2 N–H and O–H groups in total. The predicted molar refractivity (Wildman–Crippen MR) is 99.2 cm³/mol. The summed E-state index contributed by atoms with van der Waals surface area (Å²) in [7, 11) is -9.39. The van der Waals surface area contributed by atoms with Gasteiger partial charge in [0.15, 0.2) is 0 Å². The molecule has 0 aromatic carbocycles. The molecule has 0 aromatic heterocycles. The van der Waals surface area contributed by atoms with Crippen LogP contribution < -0.4 is 28.0 Å². The van der Waals surface area contributed by atoms with E-state index in [1.807, 2.05) is 0 Å². The molecule has 1 radical (unpaired) electrons. The van der Waals surface area contributed by atoms with Crippen LogP contribution in [-0.2, 0) is 17.1 Å². The number of hydrogen-bond donors (Lipinski definition) is 2. The fourth-order valence-corrected chi connectivity index (χ4v) is 3.73. The van der Waals surface area contributed by atoms with E-state index < -0.39 is 20.5 Å². The molecular weight excluding hydrogens is 526 g/mol. The second-order valence-corrected chi connectivity index (χ2v) is 9.33. The topological polar surface area (TPSA) is 232 Å². The minimum absolute atomic E-state index is 0. The van der Waals surface area contributed by atoms with Crippen molar-refractivity contribution in [3.63, 3.8) is 0 Å². The maximum absolute atomic E-state index is 8.60. The average molecular weight is 558 g/mol. The van der Waals surface area contributed by atoms with Gasteiger partial charge in [-0.2, -0.15) is 28.0 Å². The van der Waals surface area contributed by atoms with Crippen LogP contribution in [-0.4, -0.2) is 59.0 Å². The van der Waals surface area contributed by atoms with Crippen molar-refractivity contribution in [3.8, 4) is 0 Å². The molecule has 4 unspecified atom stereocenters. The molecule has 0 spiro atoms. The molecule has 2 saturated heterocycles. The van der Waals surface area contributed by atoms with Gasteiger partial charge in [-0.25, -0.2) is 0 Å². The van der Waals surface area contributed by atoms with Crippen molar-refractivity contribution in [2.24, 2.45) is 9.98 Å². The van der Waals surface area contributed by atoms with E-state index in [0.29, 0.717) is 24.2 Å². The molecule has 33 heavy (non-hydrogen) atoms. The van der Waals surface area contributed by atoms with E-state index in [-0.39, 0.29) is 17.1 Å². The number of aliphatic imine (C=N–C) groups is 2. The first-order valence-corrected chi connectivity index (χ1v) is 13.1. The summed E-state index contributed by atoms with van der Waals surface area (Å²) in [5, 5.41) is 9.31. The SMILES string of the molecule is C(=NC1CCCCC1N=CC1CCCC[N-]1)C1CCCC[N-]1.[Mn+2].[O-][Cl+3]([O-])([O-])O.[O-][Cl+3]([O-])([O-])O. The van der Waals surface area contributed by atoms with Gasteiger partial charge in [0.2, 0.25) is 0 Å².